The molecule has 1 saturated heterocycles. The molecular weight excluding hydrogens is 294 g/mol. The van der Waals surface area contributed by atoms with Crippen LogP contribution in [-0.2, 0) is 4.74 Å². The van der Waals surface area contributed by atoms with Gasteiger partial charge in [-0.05, 0) is 38.1 Å². The Morgan fingerprint density at radius 3 is 2.87 bits per heavy atom. The summed E-state index contributed by atoms with van der Waals surface area (Å²) in [6.45, 7) is 4.66. The zero-order chi connectivity index (χ0) is 16.4. The smallest absolute Gasteiger partial charge is 0.414 e. The number of carbonyl (C=O) groups excluding carboxylic acids is 2. The molecule has 1 fully saturated rings. The van der Waals surface area contributed by atoms with Crippen molar-refractivity contribution in [1.82, 2.24) is 10.2 Å². The van der Waals surface area contributed by atoms with Gasteiger partial charge < -0.3 is 4.74 Å². The van der Waals surface area contributed by atoms with Crippen LogP contribution in [0.25, 0.3) is 6.08 Å². The number of hydrogen-bond donors (Lipinski definition) is 1. The van der Waals surface area contributed by atoms with Gasteiger partial charge in [0.1, 0.15) is 6.61 Å². The van der Waals surface area contributed by atoms with Crippen LogP contribution < -0.4 is 4.90 Å². The molecule has 0 saturated carbocycles. The number of aromatic amines is 1. The molecule has 0 atom stereocenters. The molecule has 2 heterocycles. The maximum absolute atomic E-state index is 12.4. The monoisotopic (exact) mass is 311 g/mol. The minimum Gasteiger partial charge on any atom is -0.447 e. The van der Waals surface area contributed by atoms with Crippen molar-refractivity contribution in [3.05, 3.63) is 52.9 Å². The van der Waals surface area contributed by atoms with Gasteiger partial charge in [0.05, 0.1) is 12.2 Å². The van der Waals surface area contributed by atoms with E-state index in [0.717, 1.165) is 17.0 Å². The molecule has 1 aromatic carbocycles. The van der Waals surface area contributed by atoms with Crippen LogP contribution >= 0.6 is 0 Å². The van der Waals surface area contributed by atoms with Crippen LogP contribution in [0, 0.1) is 13.8 Å². The fourth-order valence-corrected chi connectivity index (χ4v) is 2.52. The average molecular weight is 311 g/mol. The first-order valence-corrected chi connectivity index (χ1v) is 7.34. The topological polar surface area (TPSA) is 75.3 Å². The van der Waals surface area contributed by atoms with E-state index in [2.05, 4.69) is 10.2 Å². The van der Waals surface area contributed by atoms with Crippen molar-refractivity contribution in [2.45, 2.75) is 13.8 Å². The van der Waals surface area contributed by atoms with Crippen molar-refractivity contribution in [1.29, 1.82) is 0 Å². The SMILES string of the molecule is Cc1n[nH]c(C)c1C=CC(=O)c1cccc(N2CCOC2=O)c1. The van der Waals surface area contributed by atoms with Crippen LogP contribution in [0.4, 0.5) is 10.5 Å². The molecule has 3 rings (SSSR count). The molecule has 0 spiro atoms. The zero-order valence-electron chi connectivity index (χ0n) is 13.0. The van der Waals surface area contributed by atoms with Gasteiger partial charge >= 0.3 is 6.09 Å². The number of ether oxygens (including phenoxy) is 1. The number of allylic oxidation sites excluding steroid dienone is 1. The molecule has 23 heavy (non-hydrogen) atoms. The van der Waals surface area contributed by atoms with Crippen molar-refractivity contribution >= 4 is 23.6 Å². The van der Waals surface area contributed by atoms with E-state index in [4.69, 9.17) is 4.74 Å². The van der Waals surface area contributed by atoms with Gasteiger partial charge in [-0.2, -0.15) is 5.10 Å². The highest BCUT2D eigenvalue weighted by molar-refractivity contribution is 6.07. The lowest BCUT2D eigenvalue weighted by Gasteiger charge is -2.13. The van der Waals surface area contributed by atoms with Gasteiger partial charge in [0.25, 0.3) is 0 Å². The lowest BCUT2D eigenvalue weighted by molar-refractivity contribution is 0.104. The second-order valence-electron chi connectivity index (χ2n) is 5.36. The lowest BCUT2D eigenvalue weighted by atomic mass is 10.1. The normalized spacial score (nSPS) is 14.5. The van der Waals surface area contributed by atoms with Crippen LogP contribution in [0.15, 0.2) is 30.3 Å². The van der Waals surface area contributed by atoms with Gasteiger partial charge in [0, 0.05) is 22.5 Å². The number of nitrogens with one attached hydrogen (secondary N) is 1. The molecule has 2 aromatic rings. The maximum Gasteiger partial charge on any atom is 0.414 e. The number of amides is 1. The molecule has 0 unspecified atom stereocenters. The Hall–Kier alpha value is -2.89. The average Bonchev–Trinajstić information content (AvgIpc) is 3.11. The molecular formula is C17H17N3O3. The highest BCUT2D eigenvalue weighted by atomic mass is 16.6. The number of aryl methyl sites for hydroxylation is 2. The van der Waals surface area contributed by atoms with Crippen LogP contribution in [0.3, 0.4) is 0 Å². The first-order chi connectivity index (χ1) is 11.1. The molecule has 6 heteroatoms. The van der Waals surface area contributed by atoms with Crippen molar-refractivity contribution in [2.75, 3.05) is 18.1 Å². The van der Waals surface area contributed by atoms with Crippen LogP contribution in [0.5, 0.6) is 0 Å². The molecule has 1 amide bonds. The molecule has 0 aliphatic carbocycles. The second-order valence-corrected chi connectivity index (χ2v) is 5.36. The maximum atomic E-state index is 12.4. The van der Waals surface area contributed by atoms with Crippen molar-refractivity contribution in [3.8, 4) is 0 Å². The third-order valence-electron chi connectivity index (χ3n) is 3.79. The summed E-state index contributed by atoms with van der Waals surface area (Å²) in [6.07, 6.45) is 2.90. The van der Waals surface area contributed by atoms with Gasteiger partial charge in [-0.3, -0.25) is 14.8 Å². The van der Waals surface area contributed by atoms with Crippen LogP contribution in [0.1, 0.15) is 27.3 Å². The number of aromatic nitrogens is 2. The molecule has 118 valence electrons. The first kappa shape index (κ1) is 15.0. The summed E-state index contributed by atoms with van der Waals surface area (Å²) in [5, 5.41) is 6.98. The number of H-pyrrole nitrogens is 1. The van der Waals surface area contributed by atoms with E-state index < -0.39 is 0 Å². The van der Waals surface area contributed by atoms with E-state index in [-0.39, 0.29) is 11.9 Å². The number of anilines is 1. The number of ketones is 1. The Morgan fingerprint density at radius 2 is 2.22 bits per heavy atom. The van der Waals surface area contributed by atoms with Crippen molar-refractivity contribution in [2.24, 2.45) is 0 Å². The summed E-state index contributed by atoms with van der Waals surface area (Å²) in [5.74, 6) is -0.126. The summed E-state index contributed by atoms with van der Waals surface area (Å²) < 4.78 is 4.92. The highest BCUT2D eigenvalue weighted by Gasteiger charge is 2.23. The van der Waals surface area contributed by atoms with Crippen LogP contribution in [0.2, 0.25) is 0 Å². The standard InChI is InChI=1S/C17H17N3O3/c1-11-15(12(2)19-18-11)6-7-16(21)13-4-3-5-14(10-13)20-8-9-23-17(20)22/h3-7,10H,8-9H2,1-2H3,(H,18,19). The number of nitrogens with zero attached hydrogens (tertiary/aromatic N) is 2. The Kier molecular flexibility index (Phi) is 3.97. The largest absolute Gasteiger partial charge is 0.447 e. The van der Waals surface area contributed by atoms with Gasteiger partial charge in [0.2, 0.25) is 0 Å². The highest BCUT2D eigenvalue weighted by Crippen LogP contribution is 2.21. The van der Waals surface area contributed by atoms with E-state index >= 15 is 0 Å². The van der Waals surface area contributed by atoms with E-state index in [1.165, 1.54) is 11.0 Å². The molecule has 1 aromatic heterocycles. The van der Waals surface area contributed by atoms with E-state index in [9.17, 15) is 9.59 Å². The van der Waals surface area contributed by atoms with Gasteiger partial charge in [0.15, 0.2) is 5.78 Å². The van der Waals surface area contributed by atoms with E-state index in [0.29, 0.717) is 24.4 Å². The number of carbonyl (C=O) groups is 2. The predicted molar refractivity (Wildman–Crippen MR) is 86.6 cm³/mol. The fourth-order valence-electron chi connectivity index (χ4n) is 2.52. The molecule has 0 bridgehead atoms. The number of benzene rings is 1. The summed E-state index contributed by atoms with van der Waals surface area (Å²) in [5.41, 5.74) is 3.87. The molecule has 6 nitrogen and oxygen atoms in total. The second kappa shape index (κ2) is 6.08. The minimum atomic E-state index is -0.380. The minimum absolute atomic E-state index is 0.126. The van der Waals surface area contributed by atoms with E-state index in [1.807, 2.05) is 13.8 Å². The number of hydrogen-bond acceptors (Lipinski definition) is 4. The Labute approximate surface area is 133 Å². The Bertz CT molecular complexity index is 773. The Balaban J connectivity index is 1.81. The summed E-state index contributed by atoms with van der Waals surface area (Å²) in [6, 6.07) is 6.98. The van der Waals surface area contributed by atoms with Gasteiger partial charge in [-0.15, -0.1) is 0 Å². The van der Waals surface area contributed by atoms with Gasteiger partial charge in [-0.25, -0.2) is 4.79 Å². The fraction of sp³-hybridized carbons (Fsp3) is 0.235. The summed E-state index contributed by atoms with van der Waals surface area (Å²) >= 11 is 0. The lowest BCUT2D eigenvalue weighted by Crippen LogP contribution is -2.23. The van der Waals surface area contributed by atoms with Crippen LogP contribution in [-0.4, -0.2) is 35.2 Å². The predicted octanol–water partition coefficient (Wildman–Crippen LogP) is 2.88. The van der Waals surface area contributed by atoms with Crippen molar-refractivity contribution < 1.29 is 14.3 Å². The zero-order valence-corrected chi connectivity index (χ0v) is 13.0. The molecule has 1 N–H and O–H groups in total. The Morgan fingerprint density at radius 1 is 1.39 bits per heavy atom. The number of rotatable bonds is 4. The summed E-state index contributed by atoms with van der Waals surface area (Å²) in [4.78, 5) is 25.5. The quantitative estimate of drug-likeness (QED) is 0.696. The van der Waals surface area contributed by atoms with Crippen molar-refractivity contribution in [3.63, 3.8) is 0 Å². The third kappa shape index (κ3) is 3.01. The van der Waals surface area contributed by atoms with E-state index in [1.54, 1.807) is 30.3 Å². The summed E-state index contributed by atoms with van der Waals surface area (Å²) in [7, 11) is 0. The first-order valence-electron chi connectivity index (χ1n) is 7.34. The number of cyclic esters (lactones) is 1. The third-order valence-corrected chi connectivity index (χ3v) is 3.79. The molecule has 0 radical (unpaired) electrons. The van der Waals surface area contributed by atoms with Gasteiger partial charge in [-0.1, -0.05) is 12.1 Å². The molecule has 1 aliphatic rings. The molecule has 1 aliphatic heterocycles.